The largest absolute Gasteiger partial charge is 0.469 e. The molecule has 0 amide bonds. The van der Waals surface area contributed by atoms with E-state index in [9.17, 15) is 4.79 Å². The molecule has 28 heavy (non-hydrogen) atoms. The van der Waals surface area contributed by atoms with Crippen molar-refractivity contribution in [1.82, 2.24) is 15.2 Å². The van der Waals surface area contributed by atoms with Gasteiger partial charge in [-0.2, -0.15) is 0 Å². The molecule has 2 unspecified atom stereocenters. The van der Waals surface area contributed by atoms with E-state index in [2.05, 4.69) is 44.1 Å². The molecule has 2 atom stereocenters. The minimum absolute atomic E-state index is 0.0990. The molecule has 7 heteroatoms. The number of hydrogen-bond acceptors (Lipinski definition) is 5. The number of nitrogens with zero attached hydrogens (tertiary/aromatic N) is 4. The number of nitrogens with one attached hydrogen (secondary N) is 1. The monoisotopic (exact) mass is 387 g/mol. The third kappa shape index (κ3) is 4.94. The predicted octanol–water partition coefficient (Wildman–Crippen LogP) is 2.28. The fraction of sp³-hybridized carbons (Fsp3) is 0.667. The smallest absolute Gasteiger partial charge is 0.310 e. The van der Waals surface area contributed by atoms with Crippen LogP contribution in [-0.4, -0.2) is 62.1 Å². The molecule has 154 valence electrons. The maximum atomic E-state index is 11.9. The third-order valence-electron chi connectivity index (χ3n) is 5.82. The SMILES string of the molecule is CN=C(NCc1ccc(N2CCCCCC2)nc1)N1CC(C)C(C(=O)OC)C1. The highest BCUT2D eigenvalue weighted by Gasteiger charge is 2.36. The van der Waals surface area contributed by atoms with Crippen LogP contribution in [0.15, 0.2) is 23.3 Å². The van der Waals surface area contributed by atoms with E-state index < -0.39 is 0 Å². The summed E-state index contributed by atoms with van der Waals surface area (Å²) in [6.45, 7) is 6.39. The molecule has 3 rings (SSSR count). The van der Waals surface area contributed by atoms with Gasteiger partial charge in [0.2, 0.25) is 0 Å². The van der Waals surface area contributed by atoms with E-state index in [0.717, 1.165) is 37.0 Å². The van der Waals surface area contributed by atoms with Crippen LogP contribution in [0.1, 0.15) is 38.2 Å². The first-order valence-electron chi connectivity index (χ1n) is 10.4. The lowest BCUT2D eigenvalue weighted by atomic mass is 9.99. The molecular weight excluding hydrogens is 354 g/mol. The van der Waals surface area contributed by atoms with Crippen LogP contribution in [-0.2, 0) is 16.1 Å². The fourth-order valence-electron chi connectivity index (χ4n) is 4.12. The van der Waals surface area contributed by atoms with Crippen LogP contribution < -0.4 is 10.2 Å². The van der Waals surface area contributed by atoms with E-state index in [1.54, 1.807) is 7.05 Å². The quantitative estimate of drug-likeness (QED) is 0.486. The van der Waals surface area contributed by atoms with Crippen LogP contribution in [0.5, 0.6) is 0 Å². The molecule has 2 fully saturated rings. The summed E-state index contributed by atoms with van der Waals surface area (Å²) >= 11 is 0. The molecule has 1 aromatic rings. The number of hydrogen-bond donors (Lipinski definition) is 1. The average molecular weight is 388 g/mol. The van der Waals surface area contributed by atoms with Crippen LogP contribution in [0.4, 0.5) is 5.82 Å². The summed E-state index contributed by atoms with van der Waals surface area (Å²) in [5.41, 5.74) is 1.12. The molecule has 1 aromatic heterocycles. The van der Waals surface area contributed by atoms with Crippen LogP contribution in [0.25, 0.3) is 0 Å². The average Bonchev–Trinajstić information content (AvgIpc) is 2.93. The van der Waals surface area contributed by atoms with Gasteiger partial charge in [-0.15, -0.1) is 0 Å². The summed E-state index contributed by atoms with van der Waals surface area (Å²) < 4.78 is 4.93. The Kier molecular flexibility index (Phi) is 7.12. The van der Waals surface area contributed by atoms with E-state index in [1.807, 2.05) is 6.20 Å². The minimum atomic E-state index is -0.140. The number of rotatable bonds is 4. The summed E-state index contributed by atoms with van der Waals surface area (Å²) in [6, 6.07) is 4.26. The first kappa shape index (κ1) is 20.4. The lowest BCUT2D eigenvalue weighted by molar-refractivity contribution is -0.145. The number of ether oxygens (including phenoxy) is 1. The molecule has 2 saturated heterocycles. The van der Waals surface area contributed by atoms with Gasteiger partial charge in [0.05, 0.1) is 13.0 Å². The maximum Gasteiger partial charge on any atom is 0.310 e. The zero-order valence-electron chi connectivity index (χ0n) is 17.4. The van der Waals surface area contributed by atoms with Gasteiger partial charge in [-0.05, 0) is 30.4 Å². The van der Waals surface area contributed by atoms with Gasteiger partial charge in [-0.25, -0.2) is 4.98 Å². The van der Waals surface area contributed by atoms with E-state index in [0.29, 0.717) is 13.1 Å². The number of pyridine rings is 1. The number of likely N-dealkylation sites (tertiary alicyclic amines) is 1. The molecule has 3 heterocycles. The number of guanidine groups is 1. The molecule has 0 saturated carbocycles. The van der Waals surface area contributed by atoms with Gasteiger partial charge < -0.3 is 19.9 Å². The summed E-state index contributed by atoms with van der Waals surface area (Å²) in [4.78, 5) is 25.5. The van der Waals surface area contributed by atoms with Gasteiger partial charge in [0, 0.05) is 46.0 Å². The van der Waals surface area contributed by atoms with Crippen molar-refractivity contribution >= 4 is 17.7 Å². The Morgan fingerprint density at radius 3 is 2.61 bits per heavy atom. The Bertz CT molecular complexity index is 668. The summed E-state index contributed by atoms with van der Waals surface area (Å²) in [5, 5.41) is 3.40. The third-order valence-corrected chi connectivity index (χ3v) is 5.82. The van der Waals surface area contributed by atoms with Crippen molar-refractivity contribution in [2.24, 2.45) is 16.8 Å². The van der Waals surface area contributed by atoms with E-state index >= 15 is 0 Å². The standard InChI is InChI=1S/C21H33N5O2/c1-16-14-26(15-18(16)20(27)28-3)21(22-2)24-13-17-8-9-19(23-12-17)25-10-6-4-5-7-11-25/h8-9,12,16,18H,4-7,10-11,13-15H2,1-3H3,(H,22,24). The zero-order chi connectivity index (χ0) is 19.9. The van der Waals surface area contributed by atoms with Gasteiger partial charge in [0.1, 0.15) is 5.82 Å². The predicted molar refractivity (Wildman–Crippen MR) is 111 cm³/mol. The number of esters is 1. The number of anilines is 1. The van der Waals surface area contributed by atoms with Gasteiger partial charge in [-0.3, -0.25) is 9.79 Å². The lowest BCUT2D eigenvalue weighted by Crippen LogP contribution is -2.40. The fourth-order valence-corrected chi connectivity index (χ4v) is 4.12. The van der Waals surface area contributed by atoms with Gasteiger partial charge >= 0.3 is 5.97 Å². The van der Waals surface area contributed by atoms with Crippen molar-refractivity contribution in [3.05, 3.63) is 23.9 Å². The highest BCUT2D eigenvalue weighted by Crippen LogP contribution is 2.24. The van der Waals surface area contributed by atoms with Crippen LogP contribution in [0, 0.1) is 11.8 Å². The van der Waals surface area contributed by atoms with Crippen molar-refractivity contribution in [3.8, 4) is 0 Å². The topological polar surface area (TPSA) is 70.1 Å². The lowest BCUT2D eigenvalue weighted by Gasteiger charge is -2.22. The Balaban J connectivity index is 1.54. The summed E-state index contributed by atoms with van der Waals surface area (Å²) in [6.07, 6.45) is 7.10. The molecule has 0 bridgehead atoms. The Hall–Kier alpha value is -2.31. The summed E-state index contributed by atoms with van der Waals surface area (Å²) in [7, 11) is 3.23. The molecule has 7 nitrogen and oxygen atoms in total. The zero-order valence-corrected chi connectivity index (χ0v) is 17.4. The summed E-state index contributed by atoms with van der Waals surface area (Å²) in [5.74, 6) is 1.90. The van der Waals surface area contributed by atoms with Crippen molar-refractivity contribution in [1.29, 1.82) is 0 Å². The van der Waals surface area contributed by atoms with Gasteiger partial charge in [-0.1, -0.05) is 25.8 Å². The van der Waals surface area contributed by atoms with Gasteiger partial charge in [0.25, 0.3) is 0 Å². The molecule has 2 aliphatic rings. The Morgan fingerprint density at radius 1 is 1.25 bits per heavy atom. The second-order valence-corrected chi connectivity index (χ2v) is 7.84. The number of aliphatic imine (C=N–C) groups is 1. The number of methoxy groups -OCH3 is 1. The molecule has 2 aliphatic heterocycles. The number of carbonyl (C=O) groups is 1. The molecule has 0 aromatic carbocycles. The molecule has 0 aliphatic carbocycles. The Morgan fingerprint density at radius 2 is 2.00 bits per heavy atom. The van der Waals surface area contributed by atoms with Crippen LogP contribution in [0.3, 0.4) is 0 Å². The molecule has 1 N–H and O–H groups in total. The normalized spacial score (nSPS) is 23.5. The second kappa shape index (κ2) is 9.75. The van der Waals surface area contributed by atoms with E-state index in [-0.39, 0.29) is 17.8 Å². The second-order valence-electron chi connectivity index (χ2n) is 7.84. The minimum Gasteiger partial charge on any atom is -0.469 e. The van der Waals surface area contributed by atoms with E-state index in [4.69, 9.17) is 4.74 Å². The van der Waals surface area contributed by atoms with Crippen LogP contribution in [0.2, 0.25) is 0 Å². The molecule has 0 radical (unpaired) electrons. The first-order valence-corrected chi connectivity index (χ1v) is 10.4. The Labute approximate surface area is 168 Å². The van der Waals surface area contributed by atoms with Crippen molar-refractivity contribution < 1.29 is 9.53 Å². The van der Waals surface area contributed by atoms with Crippen LogP contribution >= 0.6 is 0 Å². The number of aromatic nitrogens is 1. The highest BCUT2D eigenvalue weighted by molar-refractivity contribution is 5.82. The van der Waals surface area contributed by atoms with Crippen molar-refractivity contribution in [2.45, 2.75) is 39.2 Å². The number of carbonyl (C=O) groups excluding carboxylic acids is 1. The molecule has 0 spiro atoms. The first-order chi connectivity index (χ1) is 13.6. The van der Waals surface area contributed by atoms with Crippen molar-refractivity contribution in [2.75, 3.05) is 45.2 Å². The van der Waals surface area contributed by atoms with Gasteiger partial charge in [0.15, 0.2) is 5.96 Å². The maximum absolute atomic E-state index is 11.9. The molecular formula is C21H33N5O2. The van der Waals surface area contributed by atoms with E-state index in [1.165, 1.54) is 32.8 Å². The van der Waals surface area contributed by atoms with Crippen molar-refractivity contribution in [3.63, 3.8) is 0 Å². The highest BCUT2D eigenvalue weighted by atomic mass is 16.5.